The van der Waals surface area contributed by atoms with Gasteiger partial charge in [0.15, 0.2) is 5.72 Å². The lowest BCUT2D eigenvalue weighted by Gasteiger charge is -2.39. The number of Topliss-reactive ketones (excluding diaryl/α,β-unsaturated/α-hetero) is 2. The summed E-state index contributed by atoms with van der Waals surface area (Å²) in [6.45, 7) is 1.92. The molecule has 2 fully saturated rings. The smallest absolute Gasteiger partial charge is 0.404 e. The number of methoxy groups -OCH3 is 1. The minimum Gasteiger partial charge on any atom is -0.449 e. The number of rotatable bonds is 3. The van der Waals surface area contributed by atoms with Gasteiger partial charge in [-0.3, -0.25) is 9.59 Å². The minimum absolute atomic E-state index is 0.0586. The monoisotopic (exact) mass is 334 g/mol. The van der Waals surface area contributed by atoms with Crippen LogP contribution in [-0.2, 0) is 19.1 Å². The molecule has 0 bridgehead atoms. The third-order valence-corrected chi connectivity index (χ3v) is 5.47. The van der Waals surface area contributed by atoms with Crippen molar-refractivity contribution in [1.29, 1.82) is 0 Å². The maximum Gasteiger partial charge on any atom is 0.404 e. The van der Waals surface area contributed by atoms with E-state index in [0.717, 1.165) is 0 Å². The van der Waals surface area contributed by atoms with Crippen LogP contribution >= 0.6 is 0 Å². The lowest BCUT2D eigenvalue weighted by molar-refractivity contribution is -0.137. The number of ether oxygens (including phenoxy) is 2. The summed E-state index contributed by atoms with van der Waals surface area (Å²) >= 11 is 0. The van der Waals surface area contributed by atoms with Crippen LogP contribution in [-0.4, -0.2) is 60.6 Å². The molecule has 9 heteroatoms. The zero-order valence-corrected chi connectivity index (χ0v) is 13.3. The van der Waals surface area contributed by atoms with Crippen LogP contribution in [0.2, 0.25) is 0 Å². The summed E-state index contributed by atoms with van der Waals surface area (Å²) in [4.78, 5) is 38.4. The number of primary amides is 1. The van der Waals surface area contributed by atoms with Crippen LogP contribution < -0.4 is 16.8 Å². The van der Waals surface area contributed by atoms with E-state index in [0.29, 0.717) is 12.2 Å². The number of allylic oxidation sites excluding steroid dienone is 2. The zero-order valence-electron chi connectivity index (χ0n) is 13.3. The van der Waals surface area contributed by atoms with Crippen LogP contribution in [0.15, 0.2) is 22.5 Å². The molecule has 5 N–H and O–H groups in total. The first-order valence-electron chi connectivity index (χ1n) is 7.65. The largest absolute Gasteiger partial charge is 0.449 e. The number of nitrogens with zero attached hydrogens (tertiary/aromatic N) is 1. The summed E-state index contributed by atoms with van der Waals surface area (Å²) in [5.41, 5.74) is 10.7. The molecule has 4 rings (SSSR count). The Hall–Kier alpha value is -2.39. The Morgan fingerprint density at radius 3 is 2.75 bits per heavy atom. The second kappa shape index (κ2) is 4.58. The van der Waals surface area contributed by atoms with Crippen LogP contribution in [0.25, 0.3) is 0 Å². The minimum atomic E-state index is -0.957. The van der Waals surface area contributed by atoms with Crippen molar-refractivity contribution in [2.45, 2.75) is 24.7 Å². The fraction of sp³-hybridized carbons (Fsp3) is 0.533. The van der Waals surface area contributed by atoms with Crippen molar-refractivity contribution in [1.82, 2.24) is 10.2 Å². The number of piperazine rings is 1. The Balaban J connectivity index is 1.85. The van der Waals surface area contributed by atoms with E-state index < -0.39 is 23.5 Å². The molecule has 1 unspecified atom stereocenters. The number of carbonyl (C=O) groups excluding carboxylic acids is 3. The van der Waals surface area contributed by atoms with E-state index in [1.54, 1.807) is 0 Å². The van der Waals surface area contributed by atoms with E-state index in [4.69, 9.17) is 20.9 Å². The topological polar surface area (TPSA) is 147 Å². The highest BCUT2D eigenvalue weighted by molar-refractivity contribution is 6.25. The molecule has 4 atom stereocenters. The number of ketones is 2. The van der Waals surface area contributed by atoms with Crippen molar-refractivity contribution in [3.63, 3.8) is 0 Å². The fourth-order valence-electron chi connectivity index (χ4n) is 4.31. The molecule has 0 aromatic rings. The predicted octanol–water partition coefficient (Wildman–Crippen LogP) is -1.65. The molecule has 9 nitrogen and oxygen atoms in total. The van der Waals surface area contributed by atoms with E-state index in [-0.39, 0.29) is 41.3 Å². The Bertz CT molecular complexity index is 757. The maximum atomic E-state index is 12.8. The van der Waals surface area contributed by atoms with Crippen LogP contribution in [0.1, 0.15) is 6.92 Å². The molecule has 0 radical (unpaired) electrons. The molecule has 128 valence electrons. The number of carbonyl (C=O) groups is 3. The van der Waals surface area contributed by atoms with Gasteiger partial charge in [0, 0.05) is 30.8 Å². The van der Waals surface area contributed by atoms with Gasteiger partial charge in [-0.2, -0.15) is 0 Å². The summed E-state index contributed by atoms with van der Waals surface area (Å²) in [6, 6.07) is 0.109. The van der Waals surface area contributed by atoms with E-state index in [9.17, 15) is 14.4 Å². The third-order valence-electron chi connectivity index (χ3n) is 5.47. The first-order chi connectivity index (χ1) is 11.3. The average Bonchev–Trinajstić information content (AvgIpc) is 3.16. The van der Waals surface area contributed by atoms with Crippen LogP contribution in [0.4, 0.5) is 4.79 Å². The van der Waals surface area contributed by atoms with Crippen molar-refractivity contribution in [2.24, 2.45) is 17.4 Å². The Morgan fingerprint density at radius 2 is 2.12 bits per heavy atom. The highest BCUT2D eigenvalue weighted by atomic mass is 16.6. The average molecular weight is 334 g/mol. The van der Waals surface area contributed by atoms with E-state index >= 15 is 0 Å². The molecule has 0 spiro atoms. The second-order valence-corrected chi connectivity index (χ2v) is 6.46. The van der Waals surface area contributed by atoms with Gasteiger partial charge >= 0.3 is 6.09 Å². The van der Waals surface area contributed by atoms with Gasteiger partial charge in [-0.15, -0.1) is 0 Å². The quantitative estimate of drug-likeness (QED) is 0.411. The van der Waals surface area contributed by atoms with Crippen LogP contribution in [0, 0.1) is 5.92 Å². The predicted molar refractivity (Wildman–Crippen MR) is 80.1 cm³/mol. The molecule has 24 heavy (non-hydrogen) atoms. The molecule has 2 saturated heterocycles. The van der Waals surface area contributed by atoms with Gasteiger partial charge in [0.2, 0.25) is 11.6 Å². The van der Waals surface area contributed by atoms with Crippen LogP contribution in [0.5, 0.6) is 0 Å². The molecule has 1 amide bonds. The summed E-state index contributed by atoms with van der Waals surface area (Å²) in [7, 11) is 1.52. The molecule has 0 aromatic heterocycles. The summed E-state index contributed by atoms with van der Waals surface area (Å²) in [6.07, 6.45) is -0.950. The molecular weight excluding hydrogens is 316 g/mol. The van der Waals surface area contributed by atoms with Crippen molar-refractivity contribution in [2.75, 3.05) is 20.3 Å². The second-order valence-electron chi connectivity index (χ2n) is 6.46. The molecule has 1 aliphatic carbocycles. The summed E-state index contributed by atoms with van der Waals surface area (Å²) in [5.74, 6) is -1.34. The highest BCUT2D eigenvalue weighted by Gasteiger charge is 2.72. The van der Waals surface area contributed by atoms with E-state index in [1.807, 2.05) is 4.90 Å². The number of amides is 1. The van der Waals surface area contributed by atoms with E-state index in [2.05, 4.69) is 5.32 Å². The Labute approximate surface area is 137 Å². The standard InChI is InChI=1S/C15H18N4O5/c1-5-9(16)12(21)8-6(4-24-14(17)22)15(23-2)13-7(18-13)3-19(15)10(8)11(5)20/h6-7,13,18H,3-4,16H2,1-2H3,(H2,17,22)/t6?,7-,13-,15+/m0/s1. The summed E-state index contributed by atoms with van der Waals surface area (Å²) < 4.78 is 10.8. The van der Waals surface area contributed by atoms with E-state index in [1.165, 1.54) is 14.0 Å². The third kappa shape index (κ3) is 1.58. The molecule has 3 heterocycles. The first-order valence-corrected chi connectivity index (χ1v) is 7.65. The molecule has 3 aliphatic heterocycles. The lowest BCUT2D eigenvalue weighted by Crippen LogP contribution is -2.55. The maximum absolute atomic E-state index is 12.8. The Kier molecular flexibility index (Phi) is 2.89. The fourth-order valence-corrected chi connectivity index (χ4v) is 4.31. The first kappa shape index (κ1) is 15.2. The van der Waals surface area contributed by atoms with Gasteiger partial charge < -0.3 is 31.2 Å². The zero-order chi connectivity index (χ0) is 17.4. The van der Waals surface area contributed by atoms with Gasteiger partial charge in [0.05, 0.1) is 23.4 Å². The highest BCUT2D eigenvalue weighted by Crippen LogP contribution is 2.55. The molecular formula is C15H18N4O5. The van der Waals surface area contributed by atoms with Gasteiger partial charge in [-0.1, -0.05) is 0 Å². The molecule has 0 aromatic carbocycles. The van der Waals surface area contributed by atoms with Crippen molar-refractivity contribution in [3.05, 3.63) is 22.5 Å². The summed E-state index contributed by atoms with van der Waals surface area (Å²) in [5, 5.41) is 3.28. The number of fused-ring (bicyclic) bond motifs is 4. The number of nitrogens with two attached hydrogens (primary N) is 2. The SMILES string of the molecule is CO[C@@]12C(COC(N)=O)C3=C(C(=O)C(C)=C(N)C3=O)N1C[C@@H]1N[C@@H]12. The van der Waals surface area contributed by atoms with Crippen molar-refractivity contribution in [3.8, 4) is 0 Å². The lowest BCUT2D eigenvalue weighted by atomic mass is 9.82. The van der Waals surface area contributed by atoms with Gasteiger partial charge in [0.25, 0.3) is 0 Å². The number of hydrogen-bond donors (Lipinski definition) is 3. The Morgan fingerprint density at radius 1 is 1.42 bits per heavy atom. The van der Waals surface area contributed by atoms with Crippen LogP contribution in [0.3, 0.4) is 0 Å². The number of nitrogens with one attached hydrogen (secondary N) is 1. The van der Waals surface area contributed by atoms with Gasteiger partial charge in [-0.05, 0) is 6.92 Å². The van der Waals surface area contributed by atoms with Crippen molar-refractivity contribution >= 4 is 17.7 Å². The molecule has 4 aliphatic rings. The number of hydrogen-bond acceptors (Lipinski definition) is 8. The van der Waals surface area contributed by atoms with Gasteiger partial charge in [-0.25, -0.2) is 4.79 Å². The molecule has 0 saturated carbocycles. The van der Waals surface area contributed by atoms with Gasteiger partial charge in [0.1, 0.15) is 6.61 Å². The van der Waals surface area contributed by atoms with Crippen molar-refractivity contribution < 1.29 is 23.9 Å². The normalized spacial score (nSPS) is 36.8.